The van der Waals surface area contributed by atoms with Crippen LogP contribution in [0.4, 0.5) is 4.79 Å². The summed E-state index contributed by atoms with van der Waals surface area (Å²) in [5, 5.41) is 3.54. The average Bonchev–Trinajstić information content (AvgIpc) is 2.61. The molecule has 0 fully saturated rings. The summed E-state index contributed by atoms with van der Waals surface area (Å²) >= 11 is 6.01. The molecule has 1 heterocycles. The molecule has 0 bridgehead atoms. The highest BCUT2D eigenvalue weighted by molar-refractivity contribution is 6.30. The van der Waals surface area contributed by atoms with Gasteiger partial charge in [0.25, 0.3) is 0 Å². The number of nitrogens with zero attached hydrogens (tertiary/aromatic N) is 2. The Morgan fingerprint density at radius 1 is 1.33 bits per heavy atom. The number of nitrogens with one attached hydrogen (secondary N) is 1. The smallest absolute Gasteiger partial charge is 0.317 e. The molecule has 128 valence electrons. The normalized spacial score (nSPS) is 13.2. The maximum absolute atomic E-state index is 12.4. The first-order valence-corrected chi connectivity index (χ1v) is 8.09. The van der Waals surface area contributed by atoms with Gasteiger partial charge in [0, 0.05) is 38.1 Å². The largest absolute Gasteiger partial charge is 0.375 e. The molecule has 1 aromatic carbocycles. The first-order chi connectivity index (χ1) is 11.5. The van der Waals surface area contributed by atoms with Crippen molar-refractivity contribution < 1.29 is 9.53 Å². The predicted octanol–water partition coefficient (Wildman–Crippen LogP) is 3.83. The Hall–Kier alpha value is -2.11. The van der Waals surface area contributed by atoms with E-state index in [1.165, 1.54) is 0 Å². The van der Waals surface area contributed by atoms with Crippen LogP contribution in [0.5, 0.6) is 0 Å². The highest BCUT2D eigenvalue weighted by Gasteiger charge is 2.19. The van der Waals surface area contributed by atoms with Gasteiger partial charge in [0.2, 0.25) is 0 Å². The summed E-state index contributed by atoms with van der Waals surface area (Å²) in [7, 11) is 3.37. The highest BCUT2D eigenvalue weighted by Crippen LogP contribution is 2.21. The van der Waals surface area contributed by atoms with E-state index in [2.05, 4.69) is 10.3 Å². The second kappa shape index (κ2) is 8.66. The van der Waals surface area contributed by atoms with E-state index in [9.17, 15) is 4.79 Å². The summed E-state index contributed by atoms with van der Waals surface area (Å²) in [6.45, 7) is 2.32. The van der Waals surface area contributed by atoms with Crippen molar-refractivity contribution in [3.8, 4) is 0 Å². The third-order valence-electron chi connectivity index (χ3n) is 4.01. The molecule has 0 saturated carbocycles. The lowest BCUT2D eigenvalue weighted by atomic mass is 10.1. The molecule has 1 N–H and O–H groups in total. The van der Waals surface area contributed by atoms with Gasteiger partial charge in [-0.15, -0.1) is 0 Å². The maximum atomic E-state index is 12.4. The molecule has 5 nitrogen and oxygen atoms in total. The lowest BCUT2D eigenvalue weighted by Gasteiger charge is -2.26. The van der Waals surface area contributed by atoms with Crippen molar-refractivity contribution in [2.75, 3.05) is 20.7 Å². The molecule has 0 aliphatic heterocycles. The van der Waals surface area contributed by atoms with Crippen molar-refractivity contribution in [1.82, 2.24) is 15.2 Å². The van der Waals surface area contributed by atoms with Crippen LogP contribution in [0, 0.1) is 0 Å². The van der Waals surface area contributed by atoms with E-state index in [1.54, 1.807) is 37.5 Å². The Labute approximate surface area is 147 Å². The van der Waals surface area contributed by atoms with E-state index in [0.717, 1.165) is 11.1 Å². The van der Waals surface area contributed by atoms with E-state index in [1.807, 2.05) is 37.3 Å². The maximum Gasteiger partial charge on any atom is 0.317 e. The number of ether oxygens (including phenoxy) is 1. The number of halogens is 1. The van der Waals surface area contributed by atoms with Gasteiger partial charge >= 0.3 is 6.03 Å². The van der Waals surface area contributed by atoms with E-state index in [4.69, 9.17) is 16.3 Å². The summed E-state index contributed by atoms with van der Waals surface area (Å²) in [5.74, 6) is 0. The number of methoxy groups -OCH3 is 1. The van der Waals surface area contributed by atoms with E-state index in [-0.39, 0.29) is 18.2 Å². The Kier molecular flexibility index (Phi) is 6.58. The van der Waals surface area contributed by atoms with Crippen molar-refractivity contribution in [3.63, 3.8) is 0 Å². The van der Waals surface area contributed by atoms with Gasteiger partial charge in [-0.1, -0.05) is 29.8 Å². The number of pyridine rings is 1. The summed E-state index contributed by atoms with van der Waals surface area (Å²) < 4.78 is 5.46. The number of carbonyl (C=O) groups is 1. The van der Waals surface area contributed by atoms with Gasteiger partial charge in [-0.05, 0) is 36.2 Å². The summed E-state index contributed by atoms with van der Waals surface area (Å²) in [4.78, 5) is 18.1. The number of amides is 2. The first-order valence-electron chi connectivity index (χ1n) is 7.71. The summed E-state index contributed by atoms with van der Waals surface area (Å²) in [5.41, 5.74) is 1.90. The number of benzene rings is 1. The number of rotatable bonds is 6. The molecule has 0 unspecified atom stereocenters. The zero-order valence-electron chi connectivity index (χ0n) is 14.1. The van der Waals surface area contributed by atoms with Gasteiger partial charge < -0.3 is 15.0 Å². The van der Waals surface area contributed by atoms with Gasteiger partial charge in [0.15, 0.2) is 0 Å². The zero-order chi connectivity index (χ0) is 17.5. The molecule has 24 heavy (non-hydrogen) atoms. The fourth-order valence-corrected chi connectivity index (χ4v) is 2.57. The van der Waals surface area contributed by atoms with Crippen LogP contribution >= 0.6 is 11.6 Å². The Morgan fingerprint density at radius 3 is 2.71 bits per heavy atom. The lowest BCUT2D eigenvalue weighted by molar-refractivity contribution is 0.101. The minimum Gasteiger partial charge on any atom is -0.375 e. The highest BCUT2D eigenvalue weighted by atomic mass is 35.5. The molecule has 2 aromatic rings. The zero-order valence-corrected chi connectivity index (χ0v) is 14.8. The van der Waals surface area contributed by atoms with Crippen LogP contribution in [0.25, 0.3) is 0 Å². The van der Waals surface area contributed by atoms with Crippen LogP contribution in [0.2, 0.25) is 5.02 Å². The molecular weight excluding hydrogens is 326 g/mol. The first kappa shape index (κ1) is 18.2. The van der Waals surface area contributed by atoms with E-state index in [0.29, 0.717) is 11.6 Å². The van der Waals surface area contributed by atoms with Crippen LogP contribution in [-0.2, 0) is 4.74 Å². The molecule has 6 heteroatoms. The fourth-order valence-electron chi connectivity index (χ4n) is 2.37. The fraction of sp³-hybridized carbons (Fsp3) is 0.333. The van der Waals surface area contributed by atoms with E-state index < -0.39 is 0 Å². The Bertz CT molecular complexity index is 666. The third-order valence-corrected chi connectivity index (χ3v) is 4.25. The number of urea groups is 1. The standard InChI is InChI=1S/C18H22ClN3O2/c1-13(15-7-5-9-20-11-15)22(2)18(23)21-12-17(24-3)14-6-4-8-16(19)10-14/h4-11,13,17H,12H2,1-3H3,(H,21,23)/t13-,17+/m0/s1. The van der Waals surface area contributed by atoms with Gasteiger partial charge in [-0.3, -0.25) is 4.98 Å². The molecule has 1 aromatic heterocycles. The van der Waals surface area contributed by atoms with Crippen molar-refractivity contribution in [1.29, 1.82) is 0 Å². The van der Waals surface area contributed by atoms with Crippen LogP contribution in [-0.4, -0.2) is 36.6 Å². The average molecular weight is 348 g/mol. The molecular formula is C18H22ClN3O2. The summed E-state index contributed by atoms with van der Waals surface area (Å²) in [6.07, 6.45) is 3.22. The van der Waals surface area contributed by atoms with Gasteiger partial charge in [-0.2, -0.15) is 0 Å². The topological polar surface area (TPSA) is 54.5 Å². The number of hydrogen-bond acceptors (Lipinski definition) is 3. The molecule has 0 spiro atoms. The predicted molar refractivity (Wildman–Crippen MR) is 95.0 cm³/mol. The van der Waals surface area contributed by atoms with Crippen molar-refractivity contribution >= 4 is 17.6 Å². The van der Waals surface area contributed by atoms with Crippen molar-refractivity contribution in [2.24, 2.45) is 0 Å². The Morgan fingerprint density at radius 2 is 2.08 bits per heavy atom. The molecule has 0 aliphatic rings. The minimum absolute atomic E-state index is 0.0779. The summed E-state index contributed by atoms with van der Waals surface area (Å²) in [6, 6.07) is 11.0. The van der Waals surface area contributed by atoms with Gasteiger partial charge in [0.1, 0.15) is 0 Å². The number of aromatic nitrogens is 1. The van der Waals surface area contributed by atoms with Gasteiger partial charge in [0.05, 0.1) is 12.1 Å². The number of hydrogen-bond donors (Lipinski definition) is 1. The minimum atomic E-state index is -0.255. The Balaban J connectivity index is 1.96. The van der Waals surface area contributed by atoms with Crippen LogP contribution in [0.15, 0.2) is 48.8 Å². The van der Waals surface area contributed by atoms with Crippen molar-refractivity contribution in [3.05, 3.63) is 64.9 Å². The van der Waals surface area contributed by atoms with Gasteiger partial charge in [-0.25, -0.2) is 4.79 Å². The molecule has 0 aliphatic carbocycles. The molecule has 2 rings (SSSR count). The molecule has 0 saturated heterocycles. The second-order valence-corrected chi connectivity index (χ2v) is 5.98. The van der Waals surface area contributed by atoms with Crippen LogP contribution in [0.1, 0.15) is 30.2 Å². The number of carbonyl (C=O) groups excluding carboxylic acids is 1. The van der Waals surface area contributed by atoms with Crippen molar-refractivity contribution in [2.45, 2.75) is 19.1 Å². The van der Waals surface area contributed by atoms with Crippen LogP contribution < -0.4 is 5.32 Å². The molecule has 0 radical (unpaired) electrons. The quantitative estimate of drug-likeness (QED) is 0.864. The molecule has 2 atom stereocenters. The third kappa shape index (κ3) is 4.69. The van der Waals surface area contributed by atoms with E-state index >= 15 is 0 Å². The lowest BCUT2D eigenvalue weighted by Crippen LogP contribution is -2.40. The molecule has 2 amide bonds. The monoisotopic (exact) mass is 347 g/mol. The SMILES string of the molecule is CO[C@H](CNC(=O)N(C)[C@@H](C)c1cccnc1)c1cccc(Cl)c1. The van der Waals surface area contributed by atoms with Crippen LogP contribution in [0.3, 0.4) is 0 Å². The second-order valence-electron chi connectivity index (χ2n) is 5.54.